The zero-order valence-electron chi connectivity index (χ0n) is 35.0. The molecule has 1 atom stereocenters. The van der Waals surface area contributed by atoms with Crippen LogP contribution in [0.4, 0.5) is 15.3 Å². The lowest BCUT2D eigenvalue weighted by Gasteiger charge is -2.43. The number of urea groups is 1. The first kappa shape index (κ1) is 42.2. The summed E-state index contributed by atoms with van der Waals surface area (Å²) in [5.41, 5.74) is 4.61. The highest BCUT2D eigenvalue weighted by Gasteiger charge is 2.37. The minimum atomic E-state index is -1.08. The number of anilines is 1. The molecule has 4 amide bonds. The maximum Gasteiger partial charge on any atom is 0.419 e. The van der Waals surface area contributed by atoms with Gasteiger partial charge in [-0.2, -0.15) is 0 Å². The molecule has 1 N–H and O–H groups in total. The highest BCUT2D eigenvalue weighted by atomic mass is 16.6. The van der Waals surface area contributed by atoms with Crippen LogP contribution in [0.15, 0.2) is 45.6 Å². The number of fused-ring (bicyclic) bond motifs is 2. The standard InChI is InChI=1S/C44H61N7O8/c1-4-5-6-9-26-57-39(52)30-47-17-13-34(14-18-47)48-22-24-49(25-23-48)41(53)38(29-32-27-31(2)40-37(28-32)58-43(55)46(40)3)59-44(56)50-19-15-35(16-20-50)51-21-12-33-10-7-8-11-36(33)45-42(51)54/h7-8,10-11,27-28,34-35,38H,4-6,9,12-26,29-30H2,1-3H3,(H,45,54)/t38-/m1/s1. The van der Waals surface area contributed by atoms with E-state index in [1.165, 1.54) is 4.57 Å². The summed E-state index contributed by atoms with van der Waals surface area (Å²) in [7, 11) is 1.66. The molecule has 59 heavy (non-hydrogen) atoms. The molecule has 7 rings (SSSR count). The maximum absolute atomic E-state index is 14.3. The van der Waals surface area contributed by atoms with E-state index in [1.54, 1.807) is 22.9 Å². The normalized spacial score (nSPS) is 19.3. The number of rotatable bonds is 13. The van der Waals surface area contributed by atoms with Crippen LogP contribution in [0.5, 0.6) is 0 Å². The van der Waals surface area contributed by atoms with Crippen molar-refractivity contribution in [1.82, 2.24) is 29.1 Å². The summed E-state index contributed by atoms with van der Waals surface area (Å²) in [6.45, 7) is 10.4. The molecular formula is C44H61N7O8. The molecule has 0 spiro atoms. The van der Waals surface area contributed by atoms with Gasteiger partial charge in [0.25, 0.3) is 5.91 Å². The van der Waals surface area contributed by atoms with Crippen LogP contribution >= 0.6 is 0 Å². The molecule has 320 valence electrons. The van der Waals surface area contributed by atoms with Crippen LogP contribution < -0.4 is 11.1 Å². The monoisotopic (exact) mass is 815 g/mol. The van der Waals surface area contributed by atoms with E-state index in [-0.39, 0.29) is 30.4 Å². The molecule has 15 heteroatoms. The summed E-state index contributed by atoms with van der Waals surface area (Å²) in [4.78, 5) is 76.0. The highest BCUT2D eigenvalue weighted by molar-refractivity contribution is 5.91. The van der Waals surface area contributed by atoms with Gasteiger partial charge in [0, 0.05) is 90.1 Å². The van der Waals surface area contributed by atoms with Crippen molar-refractivity contribution in [3.63, 3.8) is 0 Å². The third-order valence-corrected chi connectivity index (χ3v) is 12.7. The minimum absolute atomic E-state index is 0.0221. The fourth-order valence-corrected chi connectivity index (χ4v) is 9.28. The van der Waals surface area contributed by atoms with Gasteiger partial charge in [0.2, 0.25) is 0 Å². The molecule has 0 bridgehead atoms. The second-order valence-electron chi connectivity index (χ2n) is 16.7. The number of hydrogen-bond acceptors (Lipinski definition) is 10. The topological polar surface area (TPSA) is 150 Å². The van der Waals surface area contributed by atoms with Crippen molar-refractivity contribution < 1.29 is 33.1 Å². The lowest BCUT2D eigenvalue weighted by molar-refractivity contribution is -0.145. The molecule has 3 aromatic rings. The Morgan fingerprint density at radius 1 is 0.864 bits per heavy atom. The number of nitrogens with one attached hydrogen (secondary N) is 1. The lowest BCUT2D eigenvalue weighted by atomic mass is 10.0. The number of aromatic nitrogens is 1. The minimum Gasteiger partial charge on any atom is -0.465 e. The molecule has 4 aliphatic rings. The number of benzene rings is 2. The number of oxazole rings is 1. The molecule has 15 nitrogen and oxygen atoms in total. The van der Waals surface area contributed by atoms with Gasteiger partial charge in [-0.15, -0.1) is 0 Å². The Morgan fingerprint density at radius 2 is 1.59 bits per heavy atom. The highest BCUT2D eigenvalue weighted by Crippen LogP contribution is 2.27. The van der Waals surface area contributed by atoms with Crippen LogP contribution in [-0.2, 0) is 39.0 Å². The number of amides is 4. The molecule has 1 aromatic heterocycles. The smallest absolute Gasteiger partial charge is 0.419 e. The number of aryl methyl sites for hydroxylation is 2. The third-order valence-electron chi connectivity index (χ3n) is 12.7. The maximum atomic E-state index is 14.3. The molecule has 2 aromatic carbocycles. The molecular weight excluding hydrogens is 755 g/mol. The van der Waals surface area contributed by atoms with Crippen molar-refractivity contribution >= 4 is 40.8 Å². The summed E-state index contributed by atoms with van der Waals surface area (Å²) in [5.74, 6) is -0.864. The van der Waals surface area contributed by atoms with Gasteiger partial charge in [0.05, 0.1) is 18.7 Å². The predicted molar refractivity (Wildman–Crippen MR) is 223 cm³/mol. The van der Waals surface area contributed by atoms with Crippen LogP contribution in [0.25, 0.3) is 11.1 Å². The van der Waals surface area contributed by atoms with E-state index in [2.05, 4.69) is 22.0 Å². The molecule has 5 heterocycles. The Hall–Kier alpha value is -4.89. The first-order valence-electron chi connectivity index (χ1n) is 21.7. The fourth-order valence-electron chi connectivity index (χ4n) is 9.28. The van der Waals surface area contributed by atoms with Gasteiger partial charge < -0.3 is 33.9 Å². The van der Waals surface area contributed by atoms with Gasteiger partial charge in [0.15, 0.2) is 11.7 Å². The van der Waals surface area contributed by atoms with Crippen molar-refractivity contribution in [2.45, 2.75) is 96.2 Å². The Bertz CT molecular complexity index is 2010. The number of carbonyl (C=O) groups is 4. The third kappa shape index (κ3) is 10.3. The number of ether oxygens (including phenoxy) is 2. The quantitative estimate of drug-likeness (QED) is 0.189. The van der Waals surface area contributed by atoms with Crippen molar-refractivity contribution in [3.05, 3.63) is 63.6 Å². The molecule has 3 saturated heterocycles. The number of piperazine rings is 1. The van der Waals surface area contributed by atoms with Crippen molar-refractivity contribution in [2.75, 3.05) is 77.4 Å². The van der Waals surface area contributed by atoms with Crippen LogP contribution in [0.2, 0.25) is 0 Å². The second-order valence-corrected chi connectivity index (χ2v) is 16.7. The van der Waals surface area contributed by atoms with Crippen LogP contribution in [0.3, 0.4) is 0 Å². The number of nitrogens with zero attached hydrogens (tertiary/aromatic N) is 6. The van der Waals surface area contributed by atoms with Crippen molar-refractivity contribution in [1.29, 1.82) is 0 Å². The number of para-hydroxylation sites is 1. The Balaban J connectivity index is 0.944. The van der Waals surface area contributed by atoms with Gasteiger partial charge in [0.1, 0.15) is 0 Å². The molecule has 3 fully saturated rings. The lowest BCUT2D eigenvalue weighted by Crippen LogP contribution is -2.57. The van der Waals surface area contributed by atoms with Gasteiger partial charge >= 0.3 is 23.8 Å². The van der Waals surface area contributed by atoms with E-state index in [0.717, 1.165) is 80.4 Å². The van der Waals surface area contributed by atoms with E-state index < -0.39 is 18.0 Å². The van der Waals surface area contributed by atoms with E-state index in [4.69, 9.17) is 13.9 Å². The number of likely N-dealkylation sites (tertiary alicyclic amines) is 2. The second kappa shape index (κ2) is 19.4. The molecule has 4 aliphatic heterocycles. The van der Waals surface area contributed by atoms with Gasteiger partial charge in [-0.25, -0.2) is 14.4 Å². The number of esters is 1. The first-order chi connectivity index (χ1) is 28.6. The van der Waals surface area contributed by atoms with E-state index in [0.29, 0.717) is 88.9 Å². The summed E-state index contributed by atoms with van der Waals surface area (Å²) in [6.07, 6.45) is 6.66. The number of carbonyl (C=O) groups excluding carboxylic acids is 4. The summed E-state index contributed by atoms with van der Waals surface area (Å²) < 4.78 is 18.6. The molecule has 0 aliphatic carbocycles. The molecule has 0 radical (unpaired) electrons. The number of hydrogen-bond donors (Lipinski definition) is 1. The average Bonchev–Trinajstić information content (AvgIpc) is 3.42. The molecule has 0 unspecified atom stereocenters. The van der Waals surface area contributed by atoms with Crippen molar-refractivity contribution in [3.8, 4) is 0 Å². The predicted octanol–water partition coefficient (Wildman–Crippen LogP) is 4.77. The van der Waals surface area contributed by atoms with Crippen LogP contribution in [-0.4, -0.2) is 143 Å². The summed E-state index contributed by atoms with van der Waals surface area (Å²) >= 11 is 0. The van der Waals surface area contributed by atoms with Gasteiger partial charge in [-0.1, -0.05) is 50.5 Å². The first-order valence-corrected chi connectivity index (χ1v) is 21.7. The van der Waals surface area contributed by atoms with Crippen LogP contribution in [0, 0.1) is 6.92 Å². The Morgan fingerprint density at radius 3 is 2.34 bits per heavy atom. The zero-order chi connectivity index (χ0) is 41.5. The fraction of sp³-hybridized carbons (Fsp3) is 0.614. The SMILES string of the molecule is CCCCCCOC(=O)CN1CCC(N2CCN(C(=O)[C@@H](Cc3cc(C)c4c(c3)oc(=O)n4C)OC(=O)N3CCC(N4CCc5ccccc5NC4=O)CC3)CC2)CC1. The summed E-state index contributed by atoms with van der Waals surface area (Å²) in [6, 6.07) is 11.7. The van der Waals surface area contributed by atoms with E-state index in [9.17, 15) is 24.0 Å². The Labute approximate surface area is 346 Å². The van der Waals surface area contributed by atoms with E-state index >= 15 is 0 Å². The van der Waals surface area contributed by atoms with Gasteiger partial charge in [-0.3, -0.25) is 24.0 Å². The Kier molecular flexibility index (Phi) is 13.9. The number of piperidine rings is 2. The molecule has 0 saturated carbocycles. The summed E-state index contributed by atoms with van der Waals surface area (Å²) in [5, 5.41) is 3.05. The largest absolute Gasteiger partial charge is 0.465 e. The van der Waals surface area contributed by atoms with E-state index in [1.807, 2.05) is 42.2 Å². The van der Waals surface area contributed by atoms with Crippen molar-refractivity contribution in [2.24, 2.45) is 7.05 Å². The van der Waals surface area contributed by atoms with Crippen LogP contribution in [0.1, 0.15) is 75.0 Å². The number of unbranched alkanes of at least 4 members (excludes halogenated alkanes) is 3. The zero-order valence-corrected chi connectivity index (χ0v) is 35.0. The average molecular weight is 816 g/mol. The van der Waals surface area contributed by atoms with Gasteiger partial charge in [-0.05, 0) is 74.3 Å².